The molecule has 0 aliphatic heterocycles. The maximum atomic E-state index is 13.8. The van der Waals surface area contributed by atoms with Gasteiger partial charge in [0.1, 0.15) is 5.82 Å². The lowest BCUT2D eigenvalue weighted by Crippen LogP contribution is -2.08. The molecular weight excluding hydrogens is 308 g/mol. The van der Waals surface area contributed by atoms with E-state index in [1.54, 1.807) is 12.1 Å². The maximum absolute atomic E-state index is 13.8. The number of nitrogens with one attached hydrogen (secondary N) is 1. The van der Waals surface area contributed by atoms with Crippen molar-refractivity contribution in [2.45, 2.75) is 0 Å². The maximum Gasteiger partial charge on any atom is 0.166 e. The monoisotopic (exact) mass is 325 g/mol. The first-order chi connectivity index (χ1) is 11.5. The Balaban J connectivity index is 1.78. The highest BCUT2D eigenvalue weighted by molar-refractivity contribution is 5.66. The number of halogens is 2. The van der Waals surface area contributed by atoms with E-state index in [1.807, 2.05) is 43.3 Å². The molecule has 0 atom stereocenters. The van der Waals surface area contributed by atoms with Crippen LogP contribution in [0.4, 0.5) is 26.0 Å². The molecule has 0 fully saturated rings. The summed E-state index contributed by atoms with van der Waals surface area (Å²) in [7, 11) is 3.96. The molecular formula is C19H17F2N3. The van der Waals surface area contributed by atoms with Gasteiger partial charge in [0.15, 0.2) is 11.6 Å². The highest BCUT2D eigenvalue weighted by Crippen LogP contribution is 2.25. The molecule has 0 aliphatic rings. The molecule has 0 bridgehead atoms. The lowest BCUT2D eigenvalue weighted by atomic mass is 10.1. The van der Waals surface area contributed by atoms with E-state index in [2.05, 4.69) is 10.3 Å². The van der Waals surface area contributed by atoms with Gasteiger partial charge in [0, 0.05) is 42.8 Å². The number of nitrogens with zero attached hydrogens (tertiary/aromatic N) is 2. The van der Waals surface area contributed by atoms with Crippen LogP contribution in [0.3, 0.4) is 0 Å². The number of benzene rings is 2. The first kappa shape index (κ1) is 15.9. The minimum absolute atomic E-state index is 0.199. The van der Waals surface area contributed by atoms with Gasteiger partial charge in [0.05, 0.1) is 0 Å². The zero-order valence-corrected chi connectivity index (χ0v) is 13.4. The average molecular weight is 325 g/mol. The first-order valence-electron chi connectivity index (χ1n) is 7.49. The predicted octanol–water partition coefficient (Wildman–Crippen LogP) is 4.84. The molecule has 24 heavy (non-hydrogen) atoms. The van der Waals surface area contributed by atoms with Gasteiger partial charge in [0.2, 0.25) is 0 Å². The van der Waals surface area contributed by atoms with Crippen LogP contribution in [-0.4, -0.2) is 19.1 Å². The standard InChI is InChI=1S/C19H17F2N3/c1-24(2)15-9-7-14(8-10-15)23-18-11-6-13(12-22-18)16-4-3-5-17(20)19(16)21/h3-12H,1-2H3,(H,22,23). The number of rotatable bonds is 4. The molecule has 2 aromatic carbocycles. The van der Waals surface area contributed by atoms with Gasteiger partial charge >= 0.3 is 0 Å². The Morgan fingerprint density at radius 2 is 1.67 bits per heavy atom. The van der Waals surface area contributed by atoms with Gasteiger partial charge in [-0.05, 0) is 42.5 Å². The summed E-state index contributed by atoms with van der Waals surface area (Å²) in [6.07, 6.45) is 1.52. The molecule has 1 N–H and O–H groups in total. The first-order valence-corrected chi connectivity index (χ1v) is 7.49. The molecule has 0 aliphatic carbocycles. The molecule has 3 rings (SSSR count). The van der Waals surface area contributed by atoms with Crippen LogP contribution in [0.2, 0.25) is 0 Å². The van der Waals surface area contributed by atoms with Crippen LogP contribution < -0.4 is 10.2 Å². The Morgan fingerprint density at radius 1 is 0.917 bits per heavy atom. The second-order valence-corrected chi connectivity index (χ2v) is 5.60. The molecule has 0 spiro atoms. The summed E-state index contributed by atoms with van der Waals surface area (Å²) in [5.74, 6) is -1.09. The van der Waals surface area contributed by atoms with Crippen molar-refractivity contribution in [1.82, 2.24) is 4.98 Å². The van der Waals surface area contributed by atoms with Crippen molar-refractivity contribution in [2.24, 2.45) is 0 Å². The second-order valence-electron chi connectivity index (χ2n) is 5.60. The van der Waals surface area contributed by atoms with Gasteiger partial charge in [-0.3, -0.25) is 0 Å². The molecule has 3 nitrogen and oxygen atoms in total. The Morgan fingerprint density at radius 3 is 2.29 bits per heavy atom. The summed E-state index contributed by atoms with van der Waals surface area (Å²) in [6, 6.07) is 15.5. The summed E-state index contributed by atoms with van der Waals surface area (Å²) in [5, 5.41) is 3.18. The van der Waals surface area contributed by atoms with Gasteiger partial charge in [-0.15, -0.1) is 0 Å². The highest BCUT2D eigenvalue weighted by atomic mass is 19.2. The zero-order valence-electron chi connectivity index (χ0n) is 13.4. The predicted molar refractivity (Wildman–Crippen MR) is 93.6 cm³/mol. The molecule has 5 heteroatoms. The number of hydrogen-bond donors (Lipinski definition) is 1. The fourth-order valence-electron chi connectivity index (χ4n) is 2.34. The summed E-state index contributed by atoms with van der Waals surface area (Å²) in [6.45, 7) is 0. The molecule has 0 unspecified atom stereocenters. The van der Waals surface area contributed by atoms with Crippen molar-refractivity contribution in [1.29, 1.82) is 0 Å². The molecule has 1 heterocycles. The SMILES string of the molecule is CN(C)c1ccc(Nc2ccc(-c3cccc(F)c3F)cn2)cc1. The topological polar surface area (TPSA) is 28.2 Å². The number of hydrogen-bond acceptors (Lipinski definition) is 3. The van der Waals surface area contributed by atoms with Crippen molar-refractivity contribution < 1.29 is 8.78 Å². The summed E-state index contributed by atoms with van der Waals surface area (Å²) < 4.78 is 27.1. The summed E-state index contributed by atoms with van der Waals surface area (Å²) in [5.41, 5.74) is 2.73. The molecule has 0 saturated heterocycles. The fraction of sp³-hybridized carbons (Fsp3) is 0.105. The van der Waals surface area contributed by atoms with Gasteiger partial charge in [0.25, 0.3) is 0 Å². The van der Waals surface area contributed by atoms with Gasteiger partial charge < -0.3 is 10.2 Å². The van der Waals surface area contributed by atoms with Crippen molar-refractivity contribution in [2.75, 3.05) is 24.3 Å². The van der Waals surface area contributed by atoms with E-state index in [-0.39, 0.29) is 5.56 Å². The van der Waals surface area contributed by atoms with Gasteiger partial charge in [-0.1, -0.05) is 12.1 Å². The van der Waals surface area contributed by atoms with E-state index in [0.29, 0.717) is 11.4 Å². The molecule has 0 amide bonds. The lowest BCUT2D eigenvalue weighted by molar-refractivity contribution is 0.511. The minimum Gasteiger partial charge on any atom is -0.378 e. The Kier molecular flexibility index (Phi) is 4.42. The van der Waals surface area contributed by atoms with Gasteiger partial charge in [-0.2, -0.15) is 0 Å². The van der Waals surface area contributed by atoms with E-state index in [1.165, 1.54) is 18.3 Å². The molecule has 0 saturated carbocycles. The Bertz CT molecular complexity index is 828. The minimum atomic E-state index is -0.865. The normalized spacial score (nSPS) is 10.5. The third kappa shape index (κ3) is 3.35. The number of anilines is 3. The molecule has 1 aromatic heterocycles. The van der Waals surface area contributed by atoms with Crippen molar-refractivity contribution >= 4 is 17.2 Å². The Labute approximate surface area is 139 Å². The number of pyridine rings is 1. The Hall–Kier alpha value is -2.95. The van der Waals surface area contributed by atoms with Crippen LogP contribution in [0.1, 0.15) is 0 Å². The van der Waals surface area contributed by atoms with Crippen molar-refractivity contribution in [3.8, 4) is 11.1 Å². The van der Waals surface area contributed by atoms with Gasteiger partial charge in [-0.25, -0.2) is 13.8 Å². The smallest absolute Gasteiger partial charge is 0.166 e. The van der Waals surface area contributed by atoms with E-state index in [4.69, 9.17) is 0 Å². The van der Waals surface area contributed by atoms with Crippen LogP contribution >= 0.6 is 0 Å². The van der Waals surface area contributed by atoms with E-state index in [0.717, 1.165) is 17.4 Å². The molecule has 0 radical (unpaired) electrons. The fourth-order valence-corrected chi connectivity index (χ4v) is 2.34. The van der Waals surface area contributed by atoms with Crippen molar-refractivity contribution in [3.63, 3.8) is 0 Å². The van der Waals surface area contributed by atoms with E-state index < -0.39 is 11.6 Å². The van der Waals surface area contributed by atoms with Crippen LogP contribution in [-0.2, 0) is 0 Å². The largest absolute Gasteiger partial charge is 0.378 e. The van der Waals surface area contributed by atoms with E-state index in [9.17, 15) is 8.78 Å². The lowest BCUT2D eigenvalue weighted by Gasteiger charge is -2.13. The summed E-state index contributed by atoms with van der Waals surface area (Å²) >= 11 is 0. The number of aromatic nitrogens is 1. The second kappa shape index (κ2) is 6.66. The third-order valence-corrected chi connectivity index (χ3v) is 3.68. The third-order valence-electron chi connectivity index (χ3n) is 3.68. The molecule has 122 valence electrons. The highest BCUT2D eigenvalue weighted by Gasteiger charge is 2.10. The van der Waals surface area contributed by atoms with E-state index >= 15 is 0 Å². The van der Waals surface area contributed by atoms with Crippen LogP contribution in [0, 0.1) is 11.6 Å². The molecule has 3 aromatic rings. The zero-order chi connectivity index (χ0) is 17.1. The van der Waals surface area contributed by atoms with Crippen LogP contribution in [0.25, 0.3) is 11.1 Å². The average Bonchev–Trinajstić information content (AvgIpc) is 2.59. The van der Waals surface area contributed by atoms with Crippen LogP contribution in [0.5, 0.6) is 0 Å². The summed E-state index contributed by atoms with van der Waals surface area (Å²) in [4.78, 5) is 6.29. The van der Waals surface area contributed by atoms with Crippen molar-refractivity contribution in [3.05, 3.63) is 72.4 Å². The van der Waals surface area contributed by atoms with Crippen LogP contribution in [0.15, 0.2) is 60.8 Å². The quantitative estimate of drug-likeness (QED) is 0.744.